The van der Waals surface area contributed by atoms with Crippen molar-refractivity contribution in [2.24, 2.45) is 0 Å². The van der Waals surface area contributed by atoms with Gasteiger partial charge in [-0.25, -0.2) is 4.98 Å². The van der Waals surface area contributed by atoms with Gasteiger partial charge in [0, 0.05) is 18.5 Å². The molecule has 0 unspecified atom stereocenters. The van der Waals surface area contributed by atoms with E-state index in [2.05, 4.69) is 19.2 Å². The van der Waals surface area contributed by atoms with Crippen molar-refractivity contribution < 1.29 is 4.74 Å². The van der Waals surface area contributed by atoms with Crippen LogP contribution in [0.15, 0.2) is 0 Å². The minimum absolute atomic E-state index is 0.128. The van der Waals surface area contributed by atoms with Gasteiger partial charge in [0.25, 0.3) is 0 Å². The van der Waals surface area contributed by atoms with Crippen molar-refractivity contribution in [3.63, 3.8) is 0 Å². The van der Waals surface area contributed by atoms with E-state index in [1.807, 2.05) is 25.5 Å². The zero-order valence-electron chi connectivity index (χ0n) is 13.3. The van der Waals surface area contributed by atoms with Crippen molar-refractivity contribution in [2.75, 3.05) is 14.2 Å². The van der Waals surface area contributed by atoms with Crippen molar-refractivity contribution in [3.05, 3.63) is 15.6 Å². The van der Waals surface area contributed by atoms with Gasteiger partial charge in [-0.15, -0.1) is 11.3 Å². The van der Waals surface area contributed by atoms with E-state index in [1.54, 1.807) is 0 Å². The lowest BCUT2D eigenvalue weighted by Crippen LogP contribution is -2.27. The fourth-order valence-corrected chi connectivity index (χ4v) is 4.55. The number of ether oxygens (including phenoxy) is 1. The molecule has 20 heavy (non-hydrogen) atoms. The van der Waals surface area contributed by atoms with Gasteiger partial charge in [0.2, 0.25) is 0 Å². The van der Waals surface area contributed by atoms with Gasteiger partial charge in [-0.1, -0.05) is 39.5 Å². The molecule has 0 spiro atoms. The molecule has 0 aliphatic heterocycles. The Labute approximate surface area is 127 Å². The summed E-state index contributed by atoms with van der Waals surface area (Å²) in [6, 6.07) is 0. The van der Waals surface area contributed by atoms with Crippen LogP contribution in [-0.2, 0) is 16.9 Å². The van der Waals surface area contributed by atoms with E-state index >= 15 is 0 Å². The molecule has 0 radical (unpaired) electrons. The van der Waals surface area contributed by atoms with E-state index in [1.165, 1.54) is 41.3 Å². The number of hydrogen-bond acceptors (Lipinski definition) is 4. The number of methoxy groups -OCH3 is 1. The molecule has 0 atom stereocenters. The molecule has 4 heteroatoms. The first kappa shape index (κ1) is 15.9. The molecule has 0 aromatic carbocycles. The quantitative estimate of drug-likeness (QED) is 0.828. The Hall–Kier alpha value is -0.450. The van der Waals surface area contributed by atoms with Crippen molar-refractivity contribution in [3.8, 4) is 0 Å². The Kier molecular flexibility index (Phi) is 5.58. The van der Waals surface area contributed by atoms with Crippen LogP contribution in [-0.4, -0.2) is 19.1 Å². The maximum absolute atomic E-state index is 6.00. The summed E-state index contributed by atoms with van der Waals surface area (Å²) in [4.78, 5) is 6.36. The smallest absolute Gasteiger partial charge is 0.125 e. The zero-order valence-corrected chi connectivity index (χ0v) is 14.1. The van der Waals surface area contributed by atoms with Gasteiger partial charge in [0.1, 0.15) is 10.6 Å². The average Bonchev–Trinajstić information content (AvgIpc) is 2.71. The highest BCUT2D eigenvalue weighted by Crippen LogP contribution is 2.42. The number of thiazole rings is 1. The standard InChI is InChI=1S/C16H28N2OS/c1-12(2)14-13(11-17-3)20-15(18-14)16(19-4)9-7-5-6-8-10-16/h12,17H,5-11H2,1-4H3. The second kappa shape index (κ2) is 7.01. The van der Waals surface area contributed by atoms with Crippen LogP contribution < -0.4 is 5.32 Å². The Morgan fingerprint density at radius 2 is 1.90 bits per heavy atom. The molecular weight excluding hydrogens is 268 g/mol. The van der Waals surface area contributed by atoms with E-state index in [0.29, 0.717) is 5.92 Å². The van der Waals surface area contributed by atoms with Crippen LogP contribution in [0.4, 0.5) is 0 Å². The van der Waals surface area contributed by atoms with E-state index in [4.69, 9.17) is 9.72 Å². The molecule has 1 heterocycles. The van der Waals surface area contributed by atoms with Crippen LogP contribution in [0.3, 0.4) is 0 Å². The third kappa shape index (κ3) is 3.23. The van der Waals surface area contributed by atoms with Gasteiger partial charge in [-0.05, 0) is 25.8 Å². The van der Waals surface area contributed by atoms with Crippen LogP contribution >= 0.6 is 11.3 Å². The first-order valence-corrected chi connectivity index (χ1v) is 8.64. The Balaban J connectivity index is 2.35. The maximum Gasteiger partial charge on any atom is 0.125 e. The highest BCUT2D eigenvalue weighted by atomic mass is 32.1. The van der Waals surface area contributed by atoms with Crippen molar-refractivity contribution in [1.29, 1.82) is 0 Å². The lowest BCUT2D eigenvalue weighted by Gasteiger charge is -2.29. The number of aromatic nitrogens is 1. The summed E-state index contributed by atoms with van der Waals surface area (Å²) in [5.74, 6) is 0.475. The minimum Gasteiger partial charge on any atom is -0.371 e. The Morgan fingerprint density at radius 3 is 2.40 bits per heavy atom. The third-order valence-corrected chi connectivity index (χ3v) is 5.56. The van der Waals surface area contributed by atoms with Crippen molar-refractivity contribution in [2.45, 2.75) is 70.4 Å². The normalized spacial score (nSPS) is 19.2. The summed E-state index contributed by atoms with van der Waals surface area (Å²) in [7, 11) is 3.86. The largest absolute Gasteiger partial charge is 0.371 e. The molecule has 1 aliphatic carbocycles. The van der Waals surface area contributed by atoms with Gasteiger partial charge in [-0.2, -0.15) is 0 Å². The fourth-order valence-electron chi connectivity index (χ4n) is 3.10. The molecule has 3 nitrogen and oxygen atoms in total. The second-order valence-corrected chi connectivity index (χ2v) is 7.21. The molecule has 1 aliphatic rings. The molecular formula is C16H28N2OS. The zero-order chi connectivity index (χ0) is 14.6. The summed E-state index contributed by atoms with van der Waals surface area (Å²) in [5.41, 5.74) is 1.12. The highest BCUT2D eigenvalue weighted by Gasteiger charge is 2.36. The highest BCUT2D eigenvalue weighted by molar-refractivity contribution is 7.11. The summed E-state index contributed by atoms with van der Waals surface area (Å²) in [6.45, 7) is 5.36. The minimum atomic E-state index is -0.128. The van der Waals surface area contributed by atoms with Gasteiger partial charge in [0.15, 0.2) is 0 Å². The van der Waals surface area contributed by atoms with Gasteiger partial charge < -0.3 is 10.1 Å². The average molecular weight is 296 g/mol. The Morgan fingerprint density at radius 1 is 1.25 bits per heavy atom. The molecule has 2 rings (SSSR count). The predicted molar refractivity (Wildman–Crippen MR) is 85.4 cm³/mol. The number of rotatable bonds is 5. The maximum atomic E-state index is 6.00. The second-order valence-electron chi connectivity index (χ2n) is 6.13. The van der Waals surface area contributed by atoms with Crippen molar-refractivity contribution in [1.82, 2.24) is 10.3 Å². The third-order valence-electron chi connectivity index (χ3n) is 4.30. The molecule has 1 saturated carbocycles. The molecule has 1 aromatic rings. The van der Waals surface area contributed by atoms with E-state index in [0.717, 1.165) is 19.4 Å². The van der Waals surface area contributed by atoms with Gasteiger partial charge in [0.05, 0.1) is 5.69 Å². The summed E-state index contributed by atoms with van der Waals surface area (Å²) in [6.07, 6.45) is 7.41. The number of nitrogens with zero attached hydrogens (tertiary/aromatic N) is 1. The first-order chi connectivity index (χ1) is 9.63. The van der Waals surface area contributed by atoms with Crippen LogP contribution in [0.2, 0.25) is 0 Å². The lowest BCUT2D eigenvalue weighted by molar-refractivity contribution is -0.0280. The van der Waals surface area contributed by atoms with E-state index in [9.17, 15) is 0 Å². The molecule has 1 N–H and O–H groups in total. The predicted octanol–water partition coefficient (Wildman–Crippen LogP) is 4.18. The SMILES string of the molecule is CNCc1sc(C2(OC)CCCCCC2)nc1C(C)C. The van der Waals surface area contributed by atoms with Crippen molar-refractivity contribution >= 4 is 11.3 Å². The van der Waals surface area contributed by atoms with Gasteiger partial charge >= 0.3 is 0 Å². The first-order valence-electron chi connectivity index (χ1n) is 7.83. The molecule has 1 aromatic heterocycles. The fraction of sp³-hybridized carbons (Fsp3) is 0.812. The number of hydrogen-bond donors (Lipinski definition) is 1. The Bertz CT molecular complexity index is 420. The van der Waals surface area contributed by atoms with Crippen LogP contribution in [0, 0.1) is 0 Å². The van der Waals surface area contributed by atoms with Crippen LogP contribution in [0.1, 0.15) is 73.9 Å². The monoisotopic (exact) mass is 296 g/mol. The van der Waals surface area contributed by atoms with Gasteiger partial charge in [-0.3, -0.25) is 0 Å². The number of nitrogens with one attached hydrogen (secondary N) is 1. The summed E-state index contributed by atoms with van der Waals surface area (Å²) in [5, 5.41) is 4.47. The molecule has 0 bridgehead atoms. The van der Waals surface area contributed by atoms with E-state index < -0.39 is 0 Å². The molecule has 0 saturated heterocycles. The van der Waals surface area contributed by atoms with Crippen LogP contribution in [0.25, 0.3) is 0 Å². The van der Waals surface area contributed by atoms with Crippen LogP contribution in [0.5, 0.6) is 0 Å². The lowest BCUT2D eigenvalue weighted by atomic mass is 9.95. The summed E-state index contributed by atoms with van der Waals surface area (Å²) >= 11 is 1.85. The molecule has 114 valence electrons. The molecule has 0 amide bonds. The van der Waals surface area contributed by atoms with E-state index in [-0.39, 0.29) is 5.60 Å². The summed E-state index contributed by atoms with van der Waals surface area (Å²) < 4.78 is 6.00. The molecule has 1 fully saturated rings. The topological polar surface area (TPSA) is 34.1 Å².